The van der Waals surface area contributed by atoms with Crippen LogP contribution >= 0.6 is 11.8 Å². The topological polar surface area (TPSA) is 84.6 Å². The highest BCUT2D eigenvalue weighted by Gasteiger charge is 2.39. The molecular formula is C30H25N3O4S. The predicted molar refractivity (Wildman–Crippen MR) is 149 cm³/mol. The minimum atomic E-state index is -0.920. The number of carbonyl (C=O) groups excluding carboxylic acids is 2. The van der Waals surface area contributed by atoms with E-state index in [1.807, 2.05) is 85.3 Å². The maximum Gasteiger partial charge on any atom is 0.336 e. The quantitative estimate of drug-likeness (QED) is 0.332. The minimum Gasteiger partial charge on any atom is -0.423 e. The Balaban J connectivity index is 1.53. The number of para-hydroxylation sites is 1. The average Bonchev–Trinajstić information content (AvgIpc) is 3.09. The number of aryl methyl sites for hydroxylation is 2. The van der Waals surface area contributed by atoms with Gasteiger partial charge in [0, 0.05) is 53.3 Å². The van der Waals surface area contributed by atoms with Crippen molar-refractivity contribution in [3.05, 3.63) is 106 Å². The van der Waals surface area contributed by atoms with E-state index in [4.69, 9.17) is 4.42 Å². The molecule has 1 N–H and O–H groups in total. The fourth-order valence-corrected chi connectivity index (χ4v) is 6.27. The molecule has 2 amide bonds. The molecule has 0 aliphatic carbocycles. The molecule has 0 radical (unpaired) electrons. The van der Waals surface area contributed by atoms with Crippen molar-refractivity contribution in [1.29, 1.82) is 0 Å². The fourth-order valence-electron chi connectivity index (χ4n) is 5.20. The molecule has 1 atom stereocenters. The number of rotatable bonds is 4. The second-order valence-corrected chi connectivity index (χ2v) is 10.3. The minimum absolute atomic E-state index is 0.162. The zero-order chi connectivity index (χ0) is 26.4. The van der Waals surface area contributed by atoms with Crippen molar-refractivity contribution in [3.63, 3.8) is 0 Å². The summed E-state index contributed by atoms with van der Waals surface area (Å²) in [6.07, 6.45) is 0. The van der Waals surface area contributed by atoms with Crippen LogP contribution in [-0.2, 0) is 23.2 Å². The first-order valence-electron chi connectivity index (χ1n) is 12.3. The number of carbonyl (C=O) groups is 2. The molecule has 190 valence electrons. The molecule has 0 fully saturated rings. The Morgan fingerprint density at radius 2 is 1.76 bits per heavy atom. The second kappa shape index (κ2) is 9.54. The van der Waals surface area contributed by atoms with E-state index >= 15 is 0 Å². The van der Waals surface area contributed by atoms with Crippen LogP contribution in [0.2, 0.25) is 0 Å². The number of hydrogen-bond acceptors (Lipinski definition) is 5. The van der Waals surface area contributed by atoms with Gasteiger partial charge in [-0.1, -0.05) is 60.3 Å². The van der Waals surface area contributed by atoms with Crippen LogP contribution in [-0.4, -0.2) is 22.1 Å². The monoisotopic (exact) mass is 523 g/mol. The Morgan fingerprint density at radius 1 is 1.00 bits per heavy atom. The summed E-state index contributed by atoms with van der Waals surface area (Å²) in [5.74, 6) is -0.326. The molecule has 0 spiro atoms. The standard InChI is InChI=1S/C30H25N3O4S/c1-18-14-26(35)37-24-15-20(12-13-21(18)24)33-25(34)17-38-30-27(22-10-6-7-11-23(22)32(30)2)28(33)29(36)31-16-19-8-4-3-5-9-19/h3-15,28H,16-17H2,1-2H3,(H,31,36). The van der Waals surface area contributed by atoms with Gasteiger partial charge in [0.15, 0.2) is 0 Å². The summed E-state index contributed by atoms with van der Waals surface area (Å²) in [4.78, 5) is 41.4. The predicted octanol–water partition coefficient (Wildman–Crippen LogP) is 5.09. The third kappa shape index (κ3) is 4.07. The Kier molecular flexibility index (Phi) is 6.04. The molecule has 1 aliphatic rings. The highest BCUT2D eigenvalue weighted by Crippen LogP contribution is 2.43. The lowest BCUT2D eigenvalue weighted by molar-refractivity contribution is -0.125. The van der Waals surface area contributed by atoms with Crippen LogP contribution in [0, 0.1) is 6.92 Å². The van der Waals surface area contributed by atoms with Crippen LogP contribution in [0.3, 0.4) is 0 Å². The van der Waals surface area contributed by atoms with Gasteiger partial charge in [-0.15, -0.1) is 0 Å². The molecule has 7 nitrogen and oxygen atoms in total. The maximum atomic E-state index is 14.0. The fraction of sp³-hybridized carbons (Fsp3) is 0.167. The van der Waals surface area contributed by atoms with E-state index in [2.05, 4.69) is 5.32 Å². The number of fused-ring (bicyclic) bond motifs is 4. The molecule has 3 heterocycles. The molecule has 1 aliphatic heterocycles. The van der Waals surface area contributed by atoms with Gasteiger partial charge in [0.1, 0.15) is 11.6 Å². The van der Waals surface area contributed by atoms with Crippen molar-refractivity contribution >= 4 is 51.1 Å². The summed E-state index contributed by atoms with van der Waals surface area (Å²) in [5, 5.41) is 5.64. The van der Waals surface area contributed by atoms with Crippen LogP contribution in [0.4, 0.5) is 5.69 Å². The van der Waals surface area contributed by atoms with Crippen LogP contribution in [0.15, 0.2) is 93.1 Å². The summed E-state index contributed by atoms with van der Waals surface area (Å²) in [5.41, 5.74) is 3.93. The third-order valence-electron chi connectivity index (χ3n) is 6.99. The summed E-state index contributed by atoms with van der Waals surface area (Å²) in [7, 11) is 1.96. The Bertz CT molecular complexity index is 1770. The van der Waals surface area contributed by atoms with E-state index < -0.39 is 11.7 Å². The van der Waals surface area contributed by atoms with Gasteiger partial charge in [-0.2, -0.15) is 0 Å². The maximum absolute atomic E-state index is 14.0. The van der Waals surface area contributed by atoms with Gasteiger partial charge in [-0.3, -0.25) is 14.5 Å². The average molecular weight is 524 g/mol. The summed E-state index contributed by atoms with van der Waals surface area (Å²) >= 11 is 1.43. The van der Waals surface area contributed by atoms with E-state index in [-0.39, 0.29) is 17.6 Å². The summed E-state index contributed by atoms with van der Waals surface area (Å²) in [6, 6.07) is 23.4. The van der Waals surface area contributed by atoms with Gasteiger partial charge in [0.25, 0.3) is 0 Å². The molecule has 38 heavy (non-hydrogen) atoms. The molecule has 0 saturated heterocycles. The molecule has 8 heteroatoms. The van der Waals surface area contributed by atoms with Crippen molar-refractivity contribution in [2.45, 2.75) is 24.5 Å². The molecule has 0 saturated carbocycles. The first-order chi connectivity index (χ1) is 18.4. The van der Waals surface area contributed by atoms with Crippen LogP contribution in [0.25, 0.3) is 21.9 Å². The number of anilines is 1. The number of nitrogens with zero attached hydrogens (tertiary/aromatic N) is 2. The van der Waals surface area contributed by atoms with Gasteiger partial charge < -0.3 is 14.3 Å². The smallest absolute Gasteiger partial charge is 0.336 e. The highest BCUT2D eigenvalue weighted by molar-refractivity contribution is 8.00. The first-order valence-corrected chi connectivity index (χ1v) is 13.3. The van der Waals surface area contributed by atoms with E-state index in [9.17, 15) is 14.4 Å². The molecule has 2 aromatic heterocycles. The van der Waals surface area contributed by atoms with Crippen molar-refractivity contribution in [2.24, 2.45) is 7.05 Å². The van der Waals surface area contributed by atoms with E-state index in [1.54, 1.807) is 11.0 Å². The van der Waals surface area contributed by atoms with Gasteiger partial charge >= 0.3 is 5.63 Å². The number of thioether (sulfide) groups is 1. The van der Waals surface area contributed by atoms with Crippen molar-refractivity contribution in [1.82, 2.24) is 9.88 Å². The Morgan fingerprint density at radius 3 is 2.58 bits per heavy atom. The lowest BCUT2D eigenvalue weighted by Gasteiger charge is -2.30. The van der Waals surface area contributed by atoms with Crippen molar-refractivity contribution in [2.75, 3.05) is 10.7 Å². The van der Waals surface area contributed by atoms with Crippen LogP contribution in [0.1, 0.15) is 22.7 Å². The third-order valence-corrected chi connectivity index (χ3v) is 8.15. The van der Waals surface area contributed by atoms with Gasteiger partial charge in [-0.25, -0.2) is 4.79 Å². The Hall–Kier alpha value is -4.30. The summed E-state index contributed by atoms with van der Waals surface area (Å²) < 4.78 is 7.53. The zero-order valence-electron chi connectivity index (χ0n) is 20.9. The van der Waals surface area contributed by atoms with E-state index in [0.717, 1.165) is 38.0 Å². The largest absolute Gasteiger partial charge is 0.423 e. The zero-order valence-corrected chi connectivity index (χ0v) is 21.7. The van der Waals surface area contributed by atoms with E-state index in [0.29, 0.717) is 17.8 Å². The van der Waals surface area contributed by atoms with Gasteiger partial charge in [-0.05, 0) is 36.2 Å². The SMILES string of the molecule is Cc1cc(=O)oc2cc(N3C(=O)CSc4c(c5ccccc5n4C)C3C(=O)NCc3ccccc3)ccc12. The normalized spacial score (nSPS) is 15.5. The number of amides is 2. The number of benzene rings is 3. The number of hydrogen-bond donors (Lipinski definition) is 1. The molecule has 0 bridgehead atoms. The molecule has 3 aromatic carbocycles. The second-order valence-electron chi connectivity index (χ2n) is 9.38. The molecular weight excluding hydrogens is 498 g/mol. The van der Waals surface area contributed by atoms with Crippen molar-refractivity contribution < 1.29 is 14.0 Å². The van der Waals surface area contributed by atoms with Crippen LogP contribution in [0.5, 0.6) is 0 Å². The van der Waals surface area contributed by atoms with E-state index in [1.165, 1.54) is 17.8 Å². The molecule has 6 rings (SSSR count). The number of nitrogens with one attached hydrogen (secondary N) is 1. The highest BCUT2D eigenvalue weighted by atomic mass is 32.2. The van der Waals surface area contributed by atoms with Crippen molar-refractivity contribution in [3.8, 4) is 0 Å². The molecule has 1 unspecified atom stereocenters. The van der Waals surface area contributed by atoms with Crippen LogP contribution < -0.4 is 15.8 Å². The lowest BCUT2D eigenvalue weighted by Crippen LogP contribution is -2.43. The first kappa shape index (κ1) is 24.1. The summed E-state index contributed by atoms with van der Waals surface area (Å²) in [6.45, 7) is 2.17. The lowest BCUT2D eigenvalue weighted by atomic mass is 10.0. The Labute approximate surface area is 223 Å². The van der Waals surface area contributed by atoms with Gasteiger partial charge in [0.05, 0.1) is 10.8 Å². The van der Waals surface area contributed by atoms with Gasteiger partial charge in [0.2, 0.25) is 11.8 Å². The number of aromatic nitrogens is 1. The molecule has 5 aromatic rings.